The minimum Gasteiger partial charge on any atom is -0.256 e. The van der Waals surface area contributed by atoms with Crippen LogP contribution in [0, 0.1) is 6.92 Å². The summed E-state index contributed by atoms with van der Waals surface area (Å²) in [5, 5.41) is 0.944. The zero-order chi connectivity index (χ0) is 15.6. The first kappa shape index (κ1) is 14.4. The molecule has 0 radical (unpaired) electrons. The number of fused-ring (bicyclic) bond motifs is 1. The molecule has 0 bridgehead atoms. The third kappa shape index (κ3) is 2.89. The van der Waals surface area contributed by atoms with Crippen LogP contribution in [-0.4, -0.2) is 19.6 Å². The highest BCUT2D eigenvalue weighted by molar-refractivity contribution is 7.90. The number of benzene rings is 2. The van der Waals surface area contributed by atoms with Gasteiger partial charge in [-0.15, -0.1) is 0 Å². The van der Waals surface area contributed by atoms with Gasteiger partial charge in [0.25, 0.3) is 10.0 Å². The largest absolute Gasteiger partial charge is 0.282 e. The maximum absolute atomic E-state index is 12.2. The molecule has 5 heteroatoms. The van der Waals surface area contributed by atoms with E-state index in [0.29, 0.717) is 5.56 Å². The van der Waals surface area contributed by atoms with Crippen molar-refractivity contribution in [2.45, 2.75) is 11.8 Å². The Kier molecular flexibility index (Phi) is 3.73. The summed E-state index contributed by atoms with van der Waals surface area (Å²) in [4.78, 5) is 4.46. The van der Waals surface area contributed by atoms with Gasteiger partial charge in [0.15, 0.2) is 0 Å². The van der Waals surface area contributed by atoms with E-state index < -0.39 is 10.0 Å². The van der Waals surface area contributed by atoms with Gasteiger partial charge in [-0.25, -0.2) is 0 Å². The van der Waals surface area contributed by atoms with Crippen LogP contribution in [0.15, 0.2) is 70.1 Å². The highest BCUT2D eigenvalue weighted by Crippen LogP contribution is 2.16. The number of hydrogen-bond acceptors (Lipinski definition) is 3. The molecule has 0 aliphatic heterocycles. The highest BCUT2D eigenvalue weighted by Gasteiger charge is 2.11. The Hall–Kier alpha value is -2.53. The maximum Gasteiger partial charge on any atom is 0.282 e. The second kappa shape index (κ2) is 5.69. The summed E-state index contributed by atoms with van der Waals surface area (Å²) in [7, 11) is -3.70. The van der Waals surface area contributed by atoms with Crippen molar-refractivity contribution in [3.63, 3.8) is 0 Å². The number of para-hydroxylation sites is 1. The summed E-state index contributed by atoms with van der Waals surface area (Å²) in [6, 6.07) is 16.0. The molecule has 0 spiro atoms. The van der Waals surface area contributed by atoms with E-state index in [1.165, 1.54) is 6.21 Å². The molecule has 22 heavy (non-hydrogen) atoms. The van der Waals surface area contributed by atoms with Gasteiger partial charge in [0.1, 0.15) is 0 Å². The summed E-state index contributed by atoms with van der Waals surface area (Å²) < 4.78 is 28.3. The van der Waals surface area contributed by atoms with Crippen molar-refractivity contribution >= 4 is 27.1 Å². The first-order valence-electron chi connectivity index (χ1n) is 6.77. The Balaban J connectivity index is 2.00. The van der Waals surface area contributed by atoms with E-state index >= 15 is 0 Å². The van der Waals surface area contributed by atoms with E-state index in [-0.39, 0.29) is 4.90 Å². The third-order valence-electron chi connectivity index (χ3n) is 3.31. The molecule has 0 amide bonds. The van der Waals surface area contributed by atoms with Crippen LogP contribution in [0.4, 0.5) is 0 Å². The van der Waals surface area contributed by atoms with Crippen LogP contribution in [0.3, 0.4) is 0 Å². The first-order chi connectivity index (χ1) is 10.6. The van der Waals surface area contributed by atoms with Crippen molar-refractivity contribution in [2.24, 2.45) is 4.40 Å². The van der Waals surface area contributed by atoms with Crippen LogP contribution in [0.2, 0.25) is 0 Å². The Morgan fingerprint density at radius 3 is 2.50 bits per heavy atom. The molecule has 3 aromatic rings. The third-order valence-corrected chi connectivity index (χ3v) is 4.56. The standard InChI is InChI=1S/C17H14N2O2S/c1-13-7-9-16(10-8-13)22(20,21)19-12-15-5-2-4-14-6-3-11-18-17(14)15/h2-12H,1H3/b19-12+. The number of rotatable bonds is 3. The zero-order valence-corrected chi connectivity index (χ0v) is 12.8. The summed E-state index contributed by atoms with van der Waals surface area (Å²) in [6.45, 7) is 1.90. The van der Waals surface area contributed by atoms with Gasteiger partial charge in [0.2, 0.25) is 0 Å². The second-order valence-electron chi connectivity index (χ2n) is 4.94. The molecule has 0 aliphatic rings. The Bertz CT molecular complexity index is 941. The predicted molar refractivity (Wildman–Crippen MR) is 87.7 cm³/mol. The van der Waals surface area contributed by atoms with Gasteiger partial charge in [0.05, 0.1) is 10.4 Å². The fraction of sp³-hybridized carbons (Fsp3) is 0.0588. The summed E-state index contributed by atoms with van der Waals surface area (Å²) in [5.74, 6) is 0. The highest BCUT2D eigenvalue weighted by atomic mass is 32.2. The number of pyridine rings is 1. The van der Waals surface area contributed by atoms with Crippen LogP contribution < -0.4 is 0 Å². The van der Waals surface area contributed by atoms with Gasteiger partial charge in [-0.05, 0) is 25.1 Å². The molecule has 0 unspecified atom stereocenters. The van der Waals surface area contributed by atoms with Crippen molar-refractivity contribution in [3.8, 4) is 0 Å². The number of aromatic nitrogens is 1. The van der Waals surface area contributed by atoms with E-state index in [2.05, 4.69) is 9.38 Å². The Morgan fingerprint density at radius 1 is 1.00 bits per heavy atom. The molecule has 1 heterocycles. The maximum atomic E-state index is 12.2. The molecule has 0 saturated heterocycles. The quantitative estimate of drug-likeness (QED) is 0.697. The lowest BCUT2D eigenvalue weighted by Crippen LogP contribution is -1.98. The Morgan fingerprint density at radius 2 is 1.73 bits per heavy atom. The molecule has 0 atom stereocenters. The fourth-order valence-electron chi connectivity index (χ4n) is 2.13. The number of nitrogens with zero attached hydrogens (tertiary/aromatic N) is 2. The second-order valence-corrected chi connectivity index (χ2v) is 6.58. The van der Waals surface area contributed by atoms with Crippen molar-refractivity contribution < 1.29 is 8.42 Å². The van der Waals surface area contributed by atoms with E-state index in [4.69, 9.17) is 0 Å². The summed E-state index contributed by atoms with van der Waals surface area (Å²) in [6.07, 6.45) is 3.03. The number of aryl methyl sites for hydroxylation is 1. The van der Waals surface area contributed by atoms with E-state index in [0.717, 1.165) is 16.5 Å². The average Bonchev–Trinajstić information content (AvgIpc) is 2.53. The predicted octanol–water partition coefficient (Wildman–Crippen LogP) is 3.35. The van der Waals surface area contributed by atoms with E-state index in [1.54, 1.807) is 36.5 Å². The number of hydrogen-bond donors (Lipinski definition) is 0. The van der Waals surface area contributed by atoms with Crippen LogP contribution in [0.1, 0.15) is 11.1 Å². The van der Waals surface area contributed by atoms with Gasteiger partial charge >= 0.3 is 0 Å². The molecule has 0 aliphatic carbocycles. The summed E-state index contributed by atoms with van der Waals surface area (Å²) in [5.41, 5.74) is 2.41. The van der Waals surface area contributed by atoms with Gasteiger partial charge in [-0.1, -0.05) is 42.0 Å². The van der Waals surface area contributed by atoms with Crippen LogP contribution in [0.5, 0.6) is 0 Å². The lowest BCUT2D eigenvalue weighted by molar-refractivity contribution is 0.598. The topological polar surface area (TPSA) is 59.4 Å². The molecule has 2 aromatic carbocycles. The minimum atomic E-state index is -3.70. The SMILES string of the molecule is Cc1ccc(S(=O)(=O)/N=C/c2cccc3cccnc23)cc1. The van der Waals surface area contributed by atoms with Gasteiger partial charge in [-0.3, -0.25) is 4.98 Å². The van der Waals surface area contributed by atoms with Crippen LogP contribution >= 0.6 is 0 Å². The lowest BCUT2D eigenvalue weighted by atomic mass is 10.1. The molecule has 0 fully saturated rings. The average molecular weight is 310 g/mol. The van der Waals surface area contributed by atoms with Crippen molar-refractivity contribution in [1.82, 2.24) is 4.98 Å². The number of sulfonamides is 1. The molecule has 0 saturated carbocycles. The minimum absolute atomic E-state index is 0.183. The van der Waals surface area contributed by atoms with Gasteiger partial charge < -0.3 is 0 Å². The zero-order valence-electron chi connectivity index (χ0n) is 12.0. The van der Waals surface area contributed by atoms with Crippen molar-refractivity contribution in [3.05, 3.63) is 71.9 Å². The molecule has 110 valence electrons. The van der Waals surface area contributed by atoms with Crippen molar-refractivity contribution in [1.29, 1.82) is 0 Å². The monoisotopic (exact) mass is 310 g/mol. The van der Waals surface area contributed by atoms with Crippen LogP contribution in [-0.2, 0) is 10.0 Å². The van der Waals surface area contributed by atoms with Crippen LogP contribution in [0.25, 0.3) is 10.9 Å². The lowest BCUT2D eigenvalue weighted by Gasteiger charge is -2.01. The first-order valence-corrected chi connectivity index (χ1v) is 8.21. The Labute approximate surface area is 129 Å². The summed E-state index contributed by atoms with van der Waals surface area (Å²) >= 11 is 0. The normalized spacial score (nSPS) is 12.0. The smallest absolute Gasteiger partial charge is 0.256 e. The molecule has 1 aromatic heterocycles. The van der Waals surface area contributed by atoms with Gasteiger partial charge in [0, 0.05) is 23.4 Å². The molecule has 4 nitrogen and oxygen atoms in total. The van der Waals surface area contributed by atoms with E-state index in [1.807, 2.05) is 31.2 Å². The van der Waals surface area contributed by atoms with Crippen molar-refractivity contribution in [2.75, 3.05) is 0 Å². The molecular formula is C17H14N2O2S. The van der Waals surface area contributed by atoms with E-state index in [9.17, 15) is 8.42 Å². The molecule has 3 rings (SSSR count). The molecule has 0 N–H and O–H groups in total. The molecular weight excluding hydrogens is 296 g/mol. The van der Waals surface area contributed by atoms with Gasteiger partial charge in [-0.2, -0.15) is 12.8 Å². The fourth-order valence-corrected chi connectivity index (χ4v) is 2.98.